The van der Waals surface area contributed by atoms with Crippen molar-refractivity contribution in [3.63, 3.8) is 0 Å². The van der Waals surface area contributed by atoms with Gasteiger partial charge in [-0.3, -0.25) is 0 Å². The Bertz CT molecular complexity index is 762. The van der Waals surface area contributed by atoms with Gasteiger partial charge in [0.05, 0.1) is 5.69 Å². The molecule has 0 saturated heterocycles. The third kappa shape index (κ3) is 3.00. The highest BCUT2D eigenvalue weighted by Gasteiger charge is 2.09. The van der Waals surface area contributed by atoms with Gasteiger partial charge < -0.3 is 10.2 Å². The Morgan fingerprint density at radius 1 is 1.29 bits per heavy atom. The molecule has 0 spiro atoms. The molecule has 0 atom stereocenters. The number of thiazole rings is 1. The first-order valence-electron chi connectivity index (χ1n) is 6.51. The predicted octanol–water partition coefficient (Wildman–Crippen LogP) is 3.56. The topological polar surface area (TPSA) is 77.8 Å². The summed E-state index contributed by atoms with van der Waals surface area (Å²) in [5, 5.41) is 10.6. The second-order valence-corrected chi connectivity index (χ2v) is 5.36. The third-order valence-corrected chi connectivity index (χ3v) is 3.89. The highest BCUT2D eigenvalue weighted by atomic mass is 32.1. The fourth-order valence-electron chi connectivity index (χ4n) is 1.94. The van der Waals surface area contributed by atoms with Gasteiger partial charge in [0.25, 0.3) is 0 Å². The van der Waals surface area contributed by atoms with Crippen LogP contribution in [0.15, 0.2) is 46.7 Å². The van der Waals surface area contributed by atoms with Crippen LogP contribution in [0.2, 0.25) is 0 Å². The van der Waals surface area contributed by atoms with E-state index < -0.39 is 0 Å². The molecule has 0 bridgehead atoms. The number of hydrogen-bond acceptors (Lipinski definition) is 6. The van der Waals surface area contributed by atoms with Crippen LogP contribution in [-0.4, -0.2) is 15.2 Å². The van der Waals surface area contributed by atoms with Crippen molar-refractivity contribution in [1.82, 2.24) is 15.2 Å². The van der Waals surface area contributed by atoms with Gasteiger partial charge in [-0.25, -0.2) is 4.98 Å². The van der Waals surface area contributed by atoms with Gasteiger partial charge in [-0.2, -0.15) is 0 Å². The van der Waals surface area contributed by atoms with E-state index in [4.69, 9.17) is 10.2 Å². The fraction of sp³-hybridized carbons (Fsp3) is 0.133. The van der Waals surface area contributed by atoms with Crippen molar-refractivity contribution >= 4 is 17.4 Å². The first kappa shape index (κ1) is 13.5. The lowest BCUT2D eigenvalue weighted by atomic mass is 10.1. The van der Waals surface area contributed by atoms with E-state index in [9.17, 15) is 0 Å². The summed E-state index contributed by atoms with van der Waals surface area (Å²) in [5.41, 5.74) is 8.40. The number of benzene rings is 1. The maximum Gasteiger partial charge on any atom is 0.313 e. The number of aryl methyl sites for hydroxylation is 1. The lowest BCUT2D eigenvalue weighted by Gasteiger charge is -1.99. The third-order valence-electron chi connectivity index (χ3n) is 2.95. The molecule has 3 rings (SSSR count). The number of nitrogens with zero attached hydrogens (tertiary/aromatic N) is 3. The number of rotatable bonds is 5. The minimum Gasteiger partial charge on any atom is -0.404 e. The van der Waals surface area contributed by atoms with Gasteiger partial charge in [0.2, 0.25) is 5.89 Å². The lowest BCUT2D eigenvalue weighted by molar-refractivity contribution is 0.590. The van der Waals surface area contributed by atoms with Crippen molar-refractivity contribution in [2.45, 2.75) is 12.8 Å². The molecule has 0 saturated carbocycles. The number of nitrogen functional groups attached to an aromatic ring is 1. The standard InChI is InChI=1S/C15H14N4OS/c1-2-3-7-12-9-21-14(17-12)11-6-4-5-10(8-11)13-18-19-15(16)20-13/h2,4-6,8-9H,1,3,7H2,(H2,16,19). The molecular formula is C15H14N4OS. The van der Waals surface area contributed by atoms with Crippen molar-refractivity contribution in [2.24, 2.45) is 0 Å². The molecule has 5 nitrogen and oxygen atoms in total. The SMILES string of the molecule is C=CCCc1csc(-c2cccc(-c3nnc(N)o3)c2)n1. The molecule has 6 heteroatoms. The summed E-state index contributed by atoms with van der Waals surface area (Å²) in [6.07, 6.45) is 3.75. The average molecular weight is 298 g/mol. The number of hydrogen-bond donors (Lipinski definition) is 1. The maximum atomic E-state index is 5.46. The summed E-state index contributed by atoms with van der Waals surface area (Å²) in [7, 11) is 0. The summed E-state index contributed by atoms with van der Waals surface area (Å²) in [6, 6.07) is 7.90. The Morgan fingerprint density at radius 3 is 2.90 bits per heavy atom. The first-order valence-corrected chi connectivity index (χ1v) is 7.39. The van der Waals surface area contributed by atoms with Crippen LogP contribution < -0.4 is 5.73 Å². The van der Waals surface area contributed by atoms with E-state index in [0.29, 0.717) is 5.89 Å². The van der Waals surface area contributed by atoms with Crippen LogP contribution in [0.5, 0.6) is 0 Å². The van der Waals surface area contributed by atoms with E-state index in [2.05, 4.69) is 27.1 Å². The van der Waals surface area contributed by atoms with E-state index in [1.54, 1.807) is 11.3 Å². The Labute approximate surface area is 126 Å². The quantitative estimate of drug-likeness (QED) is 0.729. The van der Waals surface area contributed by atoms with Gasteiger partial charge in [0, 0.05) is 16.5 Å². The highest BCUT2D eigenvalue weighted by molar-refractivity contribution is 7.13. The van der Waals surface area contributed by atoms with Gasteiger partial charge in [-0.15, -0.1) is 23.0 Å². The monoisotopic (exact) mass is 298 g/mol. The summed E-state index contributed by atoms with van der Waals surface area (Å²) in [6.45, 7) is 3.73. The largest absolute Gasteiger partial charge is 0.404 e. The van der Waals surface area contributed by atoms with E-state index in [1.165, 1.54) is 0 Å². The van der Waals surface area contributed by atoms with Crippen LogP contribution in [0.25, 0.3) is 22.0 Å². The van der Waals surface area contributed by atoms with Crippen LogP contribution in [0, 0.1) is 0 Å². The molecule has 0 radical (unpaired) electrons. The number of anilines is 1. The van der Waals surface area contributed by atoms with Crippen LogP contribution in [-0.2, 0) is 6.42 Å². The minimum absolute atomic E-state index is 0.0661. The second kappa shape index (κ2) is 5.88. The molecule has 0 amide bonds. The molecule has 3 aromatic rings. The summed E-state index contributed by atoms with van der Waals surface area (Å²) in [4.78, 5) is 4.64. The molecule has 21 heavy (non-hydrogen) atoms. The molecular weight excluding hydrogens is 284 g/mol. The first-order chi connectivity index (χ1) is 10.3. The van der Waals surface area contributed by atoms with E-state index in [1.807, 2.05) is 30.3 Å². The molecule has 0 unspecified atom stereocenters. The molecule has 106 valence electrons. The van der Waals surface area contributed by atoms with Crippen molar-refractivity contribution in [3.8, 4) is 22.0 Å². The van der Waals surface area contributed by atoms with Crippen LogP contribution in [0.3, 0.4) is 0 Å². The minimum atomic E-state index is 0.0661. The number of allylic oxidation sites excluding steroid dienone is 1. The van der Waals surface area contributed by atoms with Crippen molar-refractivity contribution in [2.75, 3.05) is 5.73 Å². The van der Waals surface area contributed by atoms with Gasteiger partial charge in [-0.1, -0.05) is 23.3 Å². The second-order valence-electron chi connectivity index (χ2n) is 4.50. The van der Waals surface area contributed by atoms with Crippen LogP contribution in [0.1, 0.15) is 12.1 Å². The van der Waals surface area contributed by atoms with Gasteiger partial charge in [0.1, 0.15) is 5.01 Å². The van der Waals surface area contributed by atoms with E-state index >= 15 is 0 Å². The zero-order chi connectivity index (χ0) is 14.7. The van der Waals surface area contributed by atoms with Crippen molar-refractivity contribution in [3.05, 3.63) is 48.0 Å². The molecule has 0 aliphatic rings. The predicted molar refractivity (Wildman–Crippen MR) is 83.8 cm³/mol. The zero-order valence-corrected chi connectivity index (χ0v) is 12.1. The fourth-order valence-corrected chi connectivity index (χ4v) is 2.79. The van der Waals surface area contributed by atoms with Crippen LogP contribution >= 0.6 is 11.3 Å². The molecule has 2 N–H and O–H groups in total. The Balaban J connectivity index is 1.89. The van der Waals surface area contributed by atoms with Crippen LogP contribution in [0.4, 0.5) is 6.01 Å². The van der Waals surface area contributed by atoms with Gasteiger partial charge in [-0.05, 0) is 25.0 Å². The smallest absolute Gasteiger partial charge is 0.313 e. The van der Waals surface area contributed by atoms with Gasteiger partial charge >= 0.3 is 6.01 Å². The zero-order valence-electron chi connectivity index (χ0n) is 11.3. The Hall–Kier alpha value is -2.47. The highest BCUT2D eigenvalue weighted by Crippen LogP contribution is 2.28. The summed E-state index contributed by atoms with van der Waals surface area (Å²) < 4.78 is 5.25. The molecule has 0 aliphatic heterocycles. The normalized spacial score (nSPS) is 10.7. The lowest BCUT2D eigenvalue weighted by Crippen LogP contribution is -1.84. The number of nitrogens with two attached hydrogens (primary N) is 1. The molecule has 2 heterocycles. The number of aromatic nitrogens is 3. The molecule has 0 fully saturated rings. The van der Waals surface area contributed by atoms with Crippen molar-refractivity contribution < 1.29 is 4.42 Å². The molecule has 2 aromatic heterocycles. The van der Waals surface area contributed by atoms with E-state index in [0.717, 1.165) is 34.7 Å². The van der Waals surface area contributed by atoms with E-state index in [-0.39, 0.29) is 6.01 Å². The summed E-state index contributed by atoms with van der Waals surface area (Å²) in [5.74, 6) is 0.415. The molecule has 0 aliphatic carbocycles. The maximum absolute atomic E-state index is 5.46. The molecule has 1 aromatic carbocycles. The Kier molecular flexibility index (Phi) is 3.79. The Morgan fingerprint density at radius 2 is 2.14 bits per heavy atom. The average Bonchev–Trinajstić information content (AvgIpc) is 3.14. The van der Waals surface area contributed by atoms with Crippen molar-refractivity contribution in [1.29, 1.82) is 0 Å². The van der Waals surface area contributed by atoms with Gasteiger partial charge in [0.15, 0.2) is 0 Å². The summed E-state index contributed by atoms with van der Waals surface area (Å²) >= 11 is 1.63.